The zero-order valence-electron chi connectivity index (χ0n) is 14.0. The van der Waals surface area contributed by atoms with E-state index in [1.807, 2.05) is 31.2 Å². The fraction of sp³-hybridized carbons (Fsp3) is 0.368. The van der Waals surface area contributed by atoms with Gasteiger partial charge < -0.3 is 4.90 Å². The first-order valence-electron chi connectivity index (χ1n) is 8.45. The summed E-state index contributed by atoms with van der Waals surface area (Å²) in [5.41, 5.74) is 2.94. The molecule has 2 aromatic rings. The van der Waals surface area contributed by atoms with E-state index in [2.05, 4.69) is 21.8 Å². The zero-order valence-corrected chi connectivity index (χ0v) is 14.8. The van der Waals surface area contributed by atoms with Gasteiger partial charge in [-0.25, -0.2) is 13.1 Å². The Morgan fingerprint density at radius 3 is 2.29 bits per heavy atom. The summed E-state index contributed by atoms with van der Waals surface area (Å²) in [5, 5.41) is 0. The molecule has 128 valence electrons. The lowest BCUT2D eigenvalue weighted by Gasteiger charge is -2.28. The fourth-order valence-corrected chi connectivity index (χ4v) is 4.35. The van der Waals surface area contributed by atoms with Gasteiger partial charge in [-0.1, -0.05) is 30.3 Å². The summed E-state index contributed by atoms with van der Waals surface area (Å²) >= 11 is 0. The van der Waals surface area contributed by atoms with Crippen LogP contribution >= 0.6 is 0 Å². The van der Waals surface area contributed by atoms with E-state index in [1.54, 1.807) is 12.1 Å². The molecule has 0 saturated carbocycles. The van der Waals surface area contributed by atoms with E-state index in [-0.39, 0.29) is 0 Å². The highest BCUT2D eigenvalue weighted by Crippen LogP contribution is 2.20. The Bertz CT molecular complexity index is 779. The van der Waals surface area contributed by atoms with Gasteiger partial charge in [0.15, 0.2) is 0 Å². The second-order valence-corrected chi connectivity index (χ2v) is 8.04. The number of hydrogen-bond acceptors (Lipinski definition) is 3. The Morgan fingerprint density at radius 2 is 1.62 bits per heavy atom. The third kappa shape index (κ3) is 3.97. The van der Waals surface area contributed by atoms with Crippen LogP contribution in [0, 0.1) is 6.92 Å². The maximum Gasteiger partial charge on any atom is 0.241 e. The number of sulfonamides is 1. The quantitative estimate of drug-likeness (QED) is 0.903. The molecule has 0 radical (unpaired) electrons. The monoisotopic (exact) mass is 344 g/mol. The van der Waals surface area contributed by atoms with Gasteiger partial charge in [-0.05, 0) is 55.5 Å². The molecule has 0 spiro atoms. The van der Waals surface area contributed by atoms with E-state index < -0.39 is 10.0 Å². The Balaban J connectivity index is 1.65. The van der Waals surface area contributed by atoms with Gasteiger partial charge >= 0.3 is 0 Å². The van der Waals surface area contributed by atoms with Crippen molar-refractivity contribution in [2.24, 2.45) is 0 Å². The van der Waals surface area contributed by atoms with Gasteiger partial charge in [0.25, 0.3) is 0 Å². The standard InChI is InChI=1S/C19H24N2O2S/c1-16-7-3-4-8-19(16)24(22,23)20-15-17-9-11-18(12-10-17)21-13-5-2-6-14-21/h3-4,7-12,20H,2,5-6,13-15H2,1H3. The second-order valence-electron chi connectivity index (χ2n) is 6.30. The molecule has 0 unspecified atom stereocenters. The first-order valence-corrected chi connectivity index (χ1v) is 9.94. The number of hydrogen-bond donors (Lipinski definition) is 1. The van der Waals surface area contributed by atoms with E-state index in [0.29, 0.717) is 11.4 Å². The van der Waals surface area contributed by atoms with Gasteiger partial charge in [0.1, 0.15) is 0 Å². The maximum absolute atomic E-state index is 12.4. The molecule has 24 heavy (non-hydrogen) atoms. The molecule has 1 aliphatic rings. The van der Waals surface area contributed by atoms with Crippen molar-refractivity contribution in [2.45, 2.75) is 37.6 Å². The summed E-state index contributed by atoms with van der Waals surface area (Å²) in [4.78, 5) is 2.74. The number of aryl methyl sites for hydroxylation is 1. The van der Waals surface area contributed by atoms with E-state index in [1.165, 1.54) is 24.9 Å². The van der Waals surface area contributed by atoms with Gasteiger partial charge in [-0.2, -0.15) is 0 Å². The van der Waals surface area contributed by atoms with Crippen molar-refractivity contribution in [3.8, 4) is 0 Å². The molecule has 3 rings (SSSR count). The molecular weight excluding hydrogens is 320 g/mol. The molecular formula is C19H24N2O2S. The number of nitrogens with zero attached hydrogens (tertiary/aromatic N) is 1. The van der Waals surface area contributed by atoms with Gasteiger partial charge in [-0.3, -0.25) is 0 Å². The summed E-state index contributed by atoms with van der Waals surface area (Å²) in [5.74, 6) is 0. The third-order valence-electron chi connectivity index (χ3n) is 4.51. The van der Waals surface area contributed by atoms with E-state index in [9.17, 15) is 8.42 Å². The average molecular weight is 344 g/mol. The highest BCUT2D eigenvalue weighted by atomic mass is 32.2. The van der Waals surface area contributed by atoms with Crippen LogP contribution in [0.3, 0.4) is 0 Å². The molecule has 0 aromatic heterocycles. The van der Waals surface area contributed by atoms with Crippen LogP contribution in [0.5, 0.6) is 0 Å². The predicted molar refractivity (Wildman–Crippen MR) is 97.7 cm³/mol. The number of nitrogens with one attached hydrogen (secondary N) is 1. The van der Waals surface area contributed by atoms with Gasteiger partial charge in [-0.15, -0.1) is 0 Å². The van der Waals surface area contributed by atoms with Crippen molar-refractivity contribution in [3.05, 3.63) is 59.7 Å². The predicted octanol–water partition coefficient (Wildman–Crippen LogP) is 3.46. The van der Waals surface area contributed by atoms with Crippen molar-refractivity contribution >= 4 is 15.7 Å². The molecule has 1 aliphatic heterocycles. The number of piperidine rings is 1. The lowest BCUT2D eigenvalue weighted by molar-refractivity contribution is 0.577. The molecule has 1 saturated heterocycles. The summed E-state index contributed by atoms with van der Waals surface area (Å²) in [6.07, 6.45) is 3.81. The van der Waals surface area contributed by atoms with Gasteiger partial charge in [0.05, 0.1) is 4.90 Å². The van der Waals surface area contributed by atoms with Gasteiger partial charge in [0.2, 0.25) is 10.0 Å². The molecule has 1 N–H and O–H groups in total. The first-order chi connectivity index (χ1) is 11.6. The number of anilines is 1. The minimum Gasteiger partial charge on any atom is -0.372 e. The van der Waals surface area contributed by atoms with Gasteiger partial charge in [0, 0.05) is 25.3 Å². The van der Waals surface area contributed by atoms with Crippen molar-refractivity contribution in [3.63, 3.8) is 0 Å². The van der Waals surface area contributed by atoms with Crippen LogP contribution in [0.4, 0.5) is 5.69 Å². The van der Waals surface area contributed by atoms with Crippen molar-refractivity contribution in [1.29, 1.82) is 0 Å². The molecule has 0 aliphatic carbocycles. The van der Waals surface area contributed by atoms with E-state index in [4.69, 9.17) is 0 Å². The zero-order chi connectivity index (χ0) is 17.0. The smallest absolute Gasteiger partial charge is 0.241 e. The van der Waals surface area contributed by atoms with Crippen LogP contribution < -0.4 is 9.62 Å². The van der Waals surface area contributed by atoms with Crippen LogP contribution in [-0.2, 0) is 16.6 Å². The fourth-order valence-electron chi connectivity index (χ4n) is 3.09. The van der Waals surface area contributed by atoms with Crippen molar-refractivity contribution < 1.29 is 8.42 Å². The van der Waals surface area contributed by atoms with Crippen molar-refractivity contribution in [2.75, 3.05) is 18.0 Å². The summed E-state index contributed by atoms with van der Waals surface area (Å²) < 4.78 is 27.5. The number of benzene rings is 2. The Labute approximate surface area is 144 Å². The van der Waals surface area contributed by atoms with Crippen LogP contribution in [0.15, 0.2) is 53.4 Å². The number of rotatable bonds is 5. The highest BCUT2D eigenvalue weighted by Gasteiger charge is 2.16. The average Bonchev–Trinajstić information content (AvgIpc) is 2.61. The molecule has 0 bridgehead atoms. The lowest BCUT2D eigenvalue weighted by atomic mass is 10.1. The molecule has 5 heteroatoms. The summed E-state index contributed by atoms with van der Waals surface area (Å²) in [6.45, 7) is 4.33. The largest absolute Gasteiger partial charge is 0.372 e. The topological polar surface area (TPSA) is 49.4 Å². The first kappa shape index (κ1) is 17.0. The highest BCUT2D eigenvalue weighted by molar-refractivity contribution is 7.89. The lowest BCUT2D eigenvalue weighted by Crippen LogP contribution is -2.29. The Morgan fingerprint density at radius 1 is 0.958 bits per heavy atom. The minimum atomic E-state index is -3.48. The van der Waals surface area contributed by atoms with Crippen molar-refractivity contribution in [1.82, 2.24) is 4.72 Å². The Hall–Kier alpha value is -1.85. The molecule has 1 fully saturated rings. The second kappa shape index (κ2) is 7.36. The summed E-state index contributed by atoms with van der Waals surface area (Å²) in [6, 6.07) is 15.2. The molecule has 0 amide bonds. The summed E-state index contributed by atoms with van der Waals surface area (Å²) in [7, 11) is -3.48. The molecule has 0 atom stereocenters. The molecule has 4 nitrogen and oxygen atoms in total. The maximum atomic E-state index is 12.4. The van der Waals surface area contributed by atoms with Crippen LogP contribution in [-0.4, -0.2) is 21.5 Å². The van der Waals surface area contributed by atoms with E-state index in [0.717, 1.165) is 24.2 Å². The van der Waals surface area contributed by atoms with Crippen LogP contribution in [0.1, 0.15) is 30.4 Å². The minimum absolute atomic E-state index is 0.303. The van der Waals surface area contributed by atoms with Crippen LogP contribution in [0.2, 0.25) is 0 Å². The van der Waals surface area contributed by atoms with Crippen LogP contribution in [0.25, 0.3) is 0 Å². The van der Waals surface area contributed by atoms with E-state index >= 15 is 0 Å². The molecule has 2 aromatic carbocycles. The third-order valence-corrected chi connectivity index (χ3v) is 6.07. The molecule has 1 heterocycles. The normalized spacial score (nSPS) is 15.5. The SMILES string of the molecule is Cc1ccccc1S(=O)(=O)NCc1ccc(N2CCCCC2)cc1. The Kier molecular flexibility index (Phi) is 5.21.